The van der Waals surface area contributed by atoms with Crippen molar-refractivity contribution in [3.8, 4) is 16.9 Å². The maximum Gasteiger partial charge on any atom is 0.328 e. The Bertz CT molecular complexity index is 2340. The Morgan fingerprint density at radius 2 is 1.51 bits per heavy atom. The lowest BCUT2D eigenvalue weighted by Crippen LogP contribution is -2.53. The molecule has 3 amide bonds. The standard InChI is InChI=1S/C47H48N5O7/c1-29(2)40-26-39(58-6)24-21-37(40)25-41(53)48-38-22-19-36(20-23-38)45(55)52(28-42(54)50-47(4,5)46(56)57)27-31-9-13-34(14-10-31)43-49-44(59-51-43)35-17-15-33(16-18-35)32-11-7-30(3)8-12-32/h7-24,26,29,43,51H,1,25,27-28H2,2-6H3,(H,48,53)(H,50,54)(H,56,57)/q-1. The van der Waals surface area contributed by atoms with Gasteiger partial charge in [0.15, 0.2) is 6.17 Å². The van der Waals surface area contributed by atoms with Crippen LogP contribution in [0.25, 0.3) is 11.1 Å². The Morgan fingerprint density at radius 1 is 0.881 bits per heavy atom. The molecule has 1 aliphatic rings. The van der Waals surface area contributed by atoms with Gasteiger partial charge in [-0.15, -0.1) is 11.4 Å². The third-order valence-corrected chi connectivity index (χ3v) is 9.96. The molecule has 1 aliphatic heterocycles. The van der Waals surface area contributed by atoms with E-state index in [1.165, 1.54) is 24.3 Å². The minimum Gasteiger partial charge on any atom is -0.497 e. The highest BCUT2D eigenvalue weighted by molar-refractivity contribution is 5.98. The molecule has 6 rings (SSSR count). The number of hydroxylamine groups is 1. The van der Waals surface area contributed by atoms with Crippen LogP contribution < -0.4 is 20.9 Å². The number of benzene rings is 5. The van der Waals surface area contributed by atoms with E-state index in [0.717, 1.165) is 38.9 Å². The number of aliphatic carboxylic acids is 1. The number of rotatable bonds is 15. The zero-order valence-corrected chi connectivity index (χ0v) is 33.7. The molecule has 304 valence electrons. The lowest BCUT2D eigenvalue weighted by atomic mass is 9.95. The maximum atomic E-state index is 14.0. The topological polar surface area (TPSA) is 159 Å². The van der Waals surface area contributed by atoms with E-state index in [1.54, 1.807) is 37.4 Å². The number of hydrogen-bond donors (Lipinski definition) is 4. The van der Waals surface area contributed by atoms with Gasteiger partial charge in [0.05, 0.1) is 13.5 Å². The fourth-order valence-electron chi connectivity index (χ4n) is 6.53. The molecule has 59 heavy (non-hydrogen) atoms. The highest BCUT2D eigenvalue weighted by Crippen LogP contribution is 2.27. The molecule has 12 nitrogen and oxygen atoms in total. The van der Waals surface area contributed by atoms with E-state index in [-0.39, 0.29) is 30.4 Å². The minimum atomic E-state index is -1.55. The zero-order valence-electron chi connectivity index (χ0n) is 33.7. The van der Waals surface area contributed by atoms with Gasteiger partial charge in [-0.05, 0) is 97.1 Å². The van der Waals surface area contributed by atoms with Crippen molar-refractivity contribution in [2.24, 2.45) is 4.99 Å². The predicted octanol–water partition coefficient (Wildman–Crippen LogP) is 7.39. The molecule has 0 saturated carbocycles. The summed E-state index contributed by atoms with van der Waals surface area (Å²) in [6.45, 7) is 10.5. The Morgan fingerprint density at radius 3 is 2.12 bits per heavy atom. The number of carboxylic acid groups (broad SMARTS) is 1. The summed E-state index contributed by atoms with van der Waals surface area (Å²) >= 11 is 0. The second kappa shape index (κ2) is 18.2. The van der Waals surface area contributed by atoms with Gasteiger partial charge in [0.2, 0.25) is 17.7 Å². The zero-order chi connectivity index (χ0) is 42.3. The summed E-state index contributed by atoms with van der Waals surface area (Å²) in [6, 6.07) is 35.6. The Labute approximate surface area is 344 Å². The van der Waals surface area contributed by atoms with Crippen molar-refractivity contribution in [3.05, 3.63) is 161 Å². The van der Waals surface area contributed by atoms with Gasteiger partial charge in [-0.3, -0.25) is 14.4 Å². The summed E-state index contributed by atoms with van der Waals surface area (Å²) in [6.07, 6.45) is -0.351. The molecule has 0 saturated heterocycles. The third-order valence-electron chi connectivity index (χ3n) is 9.96. The van der Waals surface area contributed by atoms with E-state index in [9.17, 15) is 24.3 Å². The van der Waals surface area contributed by atoms with Crippen molar-refractivity contribution in [1.29, 1.82) is 0 Å². The molecule has 0 aromatic heterocycles. The summed E-state index contributed by atoms with van der Waals surface area (Å²) in [4.78, 5) is 63.7. The summed E-state index contributed by atoms with van der Waals surface area (Å²) in [5, 5.41) is 15.0. The molecule has 4 N–H and O–H groups in total. The van der Waals surface area contributed by atoms with Crippen molar-refractivity contribution in [2.75, 3.05) is 19.0 Å². The summed E-state index contributed by atoms with van der Waals surface area (Å²) < 4.78 is 5.33. The second-order valence-corrected chi connectivity index (χ2v) is 15.1. The highest BCUT2D eigenvalue weighted by atomic mass is 16.7. The van der Waals surface area contributed by atoms with Gasteiger partial charge < -0.3 is 37.1 Å². The number of anilines is 1. The largest absolute Gasteiger partial charge is 0.497 e. The molecule has 12 heteroatoms. The normalized spacial score (nSPS) is 14.1. The molecule has 1 heterocycles. The first kappa shape index (κ1) is 41.8. The van der Waals surface area contributed by atoms with Crippen LogP contribution in [0.1, 0.15) is 76.6 Å². The van der Waals surface area contributed by atoms with Crippen LogP contribution in [-0.2, 0) is 32.2 Å². The number of carbonyl (C=O) groups is 4. The van der Waals surface area contributed by atoms with E-state index >= 15 is 0 Å². The average Bonchev–Trinajstić information content (AvgIpc) is 3.72. The third kappa shape index (κ3) is 10.6. The van der Waals surface area contributed by atoms with Gasteiger partial charge in [-0.1, -0.05) is 84.8 Å². The lowest BCUT2D eigenvalue weighted by molar-refractivity contribution is -0.146. The number of aliphatic imine (C=N–C) groups is 1. The first-order chi connectivity index (χ1) is 28.2. The van der Waals surface area contributed by atoms with Crippen LogP contribution >= 0.6 is 0 Å². The molecule has 2 unspecified atom stereocenters. The quantitative estimate of drug-likeness (QED) is 0.0799. The van der Waals surface area contributed by atoms with Crippen LogP contribution in [0.15, 0.2) is 120 Å². The number of carbonyl (C=O) groups excluding carboxylic acids is 3. The molecule has 2 atom stereocenters. The van der Waals surface area contributed by atoms with E-state index in [2.05, 4.69) is 54.2 Å². The lowest BCUT2D eigenvalue weighted by Gasteiger charge is -2.26. The fourth-order valence-corrected chi connectivity index (χ4v) is 6.53. The summed E-state index contributed by atoms with van der Waals surface area (Å²) in [5.74, 6) is -1.47. The number of methoxy groups -OCH3 is 1. The summed E-state index contributed by atoms with van der Waals surface area (Å²) in [7, 11) is 1.59. The van der Waals surface area contributed by atoms with Crippen molar-refractivity contribution in [3.63, 3.8) is 0 Å². The van der Waals surface area contributed by atoms with Crippen LogP contribution in [-0.4, -0.2) is 58.8 Å². The number of carboxylic acids is 1. The van der Waals surface area contributed by atoms with Crippen LogP contribution in [0.5, 0.6) is 5.75 Å². The van der Waals surface area contributed by atoms with E-state index in [1.807, 2.05) is 67.6 Å². The van der Waals surface area contributed by atoms with E-state index < -0.39 is 36.0 Å². The number of nitrogens with zero attached hydrogens (tertiary/aromatic N) is 2. The Kier molecular flexibility index (Phi) is 12.9. The molecule has 0 aliphatic carbocycles. The predicted molar refractivity (Wildman–Crippen MR) is 227 cm³/mol. The molecular formula is C47H48N5O7-. The molecule has 0 fully saturated rings. The fraction of sp³-hybridized carbons (Fsp3) is 0.234. The van der Waals surface area contributed by atoms with Gasteiger partial charge in [-0.25, -0.2) is 9.79 Å². The Hall–Kier alpha value is -6.79. The number of amides is 3. The molecular weight excluding hydrogens is 747 g/mol. The van der Waals surface area contributed by atoms with Gasteiger partial charge in [-0.2, -0.15) is 0 Å². The molecule has 0 spiro atoms. The van der Waals surface area contributed by atoms with Gasteiger partial charge in [0.25, 0.3) is 5.91 Å². The number of hydrogen-bond acceptors (Lipinski definition) is 8. The van der Waals surface area contributed by atoms with Crippen LogP contribution in [0, 0.1) is 13.8 Å². The van der Waals surface area contributed by atoms with Gasteiger partial charge in [0, 0.05) is 23.4 Å². The second-order valence-electron chi connectivity index (χ2n) is 15.1. The number of ether oxygens (including phenoxy) is 1. The first-order valence-electron chi connectivity index (χ1n) is 19.2. The monoisotopic (exact) mass is 794 g/mol. The van der Waals surface area contributed by atoms with Gasteiger partial charge in [0.1, 0.15) is 17.8 Å². The van der Waals surface area contributed by atoms with Gasteiger partial charge >= 0.3 is 5.97 Å². The molecule has 5 aromatic carbocycles. The van der Waals surface area contributed by atoms with Crippen molar-refractivity contribution in [1.82, 2.24) is 15.7 Å². The van der Waals surface area contributed by atoms with Crippen molar-refractivity contribution < 1.29 is 33.9 Å². The smallest absolute Gasteiger partial charge is 0.328 e. The maximum absolute atomic E-state index is 14.0. The van der Waals surface area contributed by atoms with Crippen LogP contribution in [0.3, 0.4) is 0 Å². The minimum absolute atomic E-state index is 0.0455. The molecule has 0 radical (unpaired) electrons. The van der Waals surface area contributed by atoms with Crippen LogP contribution in [0.4, 0.5) is 5.69 Å². The first-order valence-corrected chi connectivity index (χ1v) is 19.2. The van der Waals surface area contributed by atoms with E-state index in [0.29, 0.717) is 17.3 Å². The number of nitrogens with one attached hydrogen (secondary N) is 3. The molecule has 5 aromatic rings. The summed E-state index contributed by atoms with van der Waals surface area (Å²) in [5.41, 5.74) is 9.70. The average molecular weight is 795 g/mol. The Balaban J connectivity index is 1.13. The molecule has 0 bridgehead atoms. The van der Waals surface area contributed by atoms with Crippen molar-refractivity contribution in [2.45, 2.75) is 58.3 Å². The highest BCUT2D eigenvalue weighted by Gasteiger charge is 2.30. The van der Waals surface area contributed by atoms with Crippen molar-refractivity contribution >= 4 is 35.3 Å². The SMILES string of the molecule is [CH2-]C(C)c1cc(OC)ccc1CC(=O)Nc1ccc(C(=O)N(CC(=O)NC(C)(C)C(=O)O)Cc2ccc(C3N=C(c4ccc(-c5ccc(C)cc5)cc4)ON3)cc2)cc1. The number of aryl methyl sites for hydroxylation is 1. The van der Waals surface area contributed by atoms with E-state index in [4.69, 9.17) is 14.6 Å². The van der Waals surface area contributed by atoms with Crippen LogP contribution in [0.2, 0.25) is 0 Å².